The Labute approximate surface area is 85.1 Å². The standard InChI is InChI=1S/C10H20N2O2/c1-7(6-13)8(2)12-10(14)9-4-3-5-11-9/h7-9,11,13H,3-6H2,1-2H3,(H,12,14)/t7?,8?,9-/m0/s1. The largest absolute Gasteiger partial charge is 0.396 e. The quantitative estimate of drug-likeness (QED) is 0.592. The Morgan fingerprint density at radius 1 is 1.64 bits per heavy atom. The zero-order chi connectivity index (χ0) is 10.6. The van der Waals surface area contributed by atoms with Gasteiger partial charge >= 0.3 is 0 Å². The molecule has 4 heteroatoms. The summed E-state index contributed by atoms with van der Waals surface area (Å²) in [6.07, 6.45) is 1.99. The van der Waals surface area contributed by atoms with Crippen LogP contribution in [0.2, 0.25) is 0 Å². The Hall–Kier alpha value is -0.610. The molecule has 0 aromatic carbocycles. The molecule has 82 valence electrons. The third-order valence-corrected chi connectivity index (χ3v) is 2.89. The Balaban J connectivity index is 2.31. The van der Waals surface area contributed by atoms with Crippen LogP contribution in [0, 0.1) is 5.92 Å². The van der Waals surface area contributed by atoms with E-state index in [1.54, 1.807) is 0 Å². The second-order valence-electron chi connectivity index (χ2n) is 4.11. The van der Waals surface area contributed by atoms with Crippen LogP contribution >= 0.6 is 0 Å². The van der Waals surface area contributed by atoms with Crippen LogP contribution in [0.1, 0.15) is 26.7 Å². The number of rotatable bonds is 4. The second-order valence-corrected chi connectivity index (χ2v) is 4.11. The van der Waals surface area contributed by atoms with Gasteiger partial charge in [0, 0.05) is 12.6 Å². The van der Waals surface area contributed by atoms with Crippen LogP contribution in [0.5, 0.6) is 0 Å². The molecule has 1 aliphatic rings. The van der Waals surface area contributed by atoms with Crippen molar-refractivity contribution < 1.29 is 9.90 Å². The first-order valence-electron chi connectivity index (χ1n) is 5.29. The fourth-order valence-corrected chi connectivity index (χ4v) is 1.53. The van der Waals surface area contributed by atoms with Gasteiger partial charge in [0.25, 0.3) is 0 Å². The Morgan fingerprint density at radius 2 is 2.36 bits per heavy atom. The summed E-state index contributed by atoms with van der Waals surface area (Å²) in [6, 6.07) is 0.0123. The van der Waals surface area contributed by atoms with Crippen molar-refractivity contribution in [1.29, 1.82) is 0 Å². The fraction of sp³-hybridized carbons (Fsp3) is 0.900. The van der Waals surface area contributed by atoms with Gasteiger partial charge in [-0.05, 0) is 32.2 Å². The predicted molar refractivity (Wildman–Crippen MR) is 54.9 cm³/mol. The summed E-state index contributed by atoms with van der Waals surface area (Å²) in [5.41, 5.74) is 0. The first-order chi connectivity index (χ1) is 6.65. The molecule has 1 saturated heterocycles. The van der Waals surface area contributed by atoms with Gasteiger partial charge in [0.15, 0.2) is 0 Å². The van der Waals surface area contributed by atoms with Gasteiger partial charge in [-0.15, -0.1) is 0 Å². The number of hydrogen-bond acceptors (Lipinski definition) is 3. The number of aliphatic hydroxyl groups is 1. The zero-order valence-corrected chi connectivity index (χ0v) is 8.92. The maximum atomic E-state index is 11.6. The molecule has 1 fully saturated rings. The van der Waals surface area contributed by atoms with Crippen LogP contribution in [0.15, 0.2) is 0 Å². The summed E-state index contributed by atoms with van der Waals surface area (Å²) >= 11 is 0. The van der Waals surface area contributed by atoms with Gasteiger partial charge in [-0.25, -0.2) is 0 Å². The highest BCUT2D eigenvalue weighted by molar-refractivity contribution is 5.82. The van der Waals surface area contributed by atoms with Crippen molar-refractivity contribution in [3.63, 3.8) is 0 Å². The van der Waals surface area contributed by atoms with Crippen molar-refractivity contribution in [2.75, 3.05) is 13.2 Å². The summed E-state index contributed by atoms with van der Waals surface area (Å²) in [6.45, 7) is 4.89. The smallest absolute Gasteiger partial charge is 0.237 e. The van der Waals surface area contributed by atoms with E-state index in [9.17, 15) is 4.79 Å². The topological polar surface area (TPSA) is 61.4 Å². The normalized spacial score (nSPS) is 25.8. The molecule has 1 aliphatic heterocycles. The van der Waals surface area contributed by atoms with Gasteiger partial charge in [0.2, 0.25) is 5.91 Å². The lowest BCUT2D eigenvalue weighted by molar-refractivity contribution is -0.123. The average molecular weight is 200 g/mol. The molecule has 1 rings (SSSR count). The molecule has 0 spiro atoms. The monoisotopic (exact) mass is 200 g/mol. The number of hydrogen-bond donors (Lipinski definition) is 3. The van der Waals surface area contributed by atoms with Gasteiger partial charge in [0.1, 0.15) is 0 Å². The maximum absolute atomic E-state index is 11.6. The third kappa shape index (κ3) is 2.96. The van der Waals surface area contributed by atoms with E-state index in [1.165, 1.54) is 0 Å². The highest BCUT2D eigenvalue weighted by Gasteiger charge is 2.24. The summed E-state index contributed by atoms with van der Waals surface area (Å²) in [4.78, 5) is 11.6. The summed E-state index contributed by atoms with van der Waals surface area (Å²) in [5, 5.41) is 15.0. The summed E-state index contributed by atoms with van der Waals surface area (Å²) in [5.74, 6) is 0.177. The first-order valence-corrected chi connectivity index (χ1v) is 5.29. The molecular weight excluding hydrogens is 180 g/mol. The van der Waals surface area contributed by atoms with Gasteiger partial charge < -0.3 is 15.7 Å². The maximum Gasteiger partial charge on any atom is 0.237 e. The minimum atomic E-state index is -0.0247. The third-order valence-electron chi connectivity index (χ3n) is 2.89. The van der Waals surface area contributed by atoms with Crippen LogP contribution < -0.4 is 10.6 Å². The van der Waals surface area contributed by atoms with E-state index >= 15 is 0 Å². The van der Waals surface area contributed by atoms with Crippen molar-refractivity contribution in [2.45, 2.75) is 38.8 Å². The van der Waals surface area contributed by atoms with Crippen molar-refractivity contribution in [3.8, 4) is 0 Å². The summed E-state index contributed by atoms with van der Waals surface area (Å²) < 4.78 is 0. The fourth-order valence-electron chi connectivity index (χ4n) is 1.53. The van der Waals surface area contributed by atoms with Gasteiger partial charge in [-0.3, -0.25) is 4.79 Å². The van der Waals surface area contributed by atoms with Crippen LogP contribution in [0.4, 0.5) is 0 Å². The molecule has 1 amide bonds. The molecule has 0 aromatic rings. The molecule has 14 heavy (non-hydrogen) atoms. The average Bonchev–Trinajstić information content (AvgIpc) is 2.69. The lowest BCUT2D eigenvalue weighted by Gasteiger charge is -2.21. The molecule has 2 unspecified atom stereocenters. The van der Waals surface area contributed by atoms with E-state index in [2.05, 4.69) is 10.6 Å². The minimum Gasteiger partial charge on any atom is -0.396 e. The Morgan fingerprint density at radius 3 is 2.86 bits per heavy atom. The highest BCUT2D eigenvalue weighted by atomic mass is 16.3. The van der Waals surface area contributed by atoms with Crippen molar-refractivity contribution in [3.05, 3.63) is 0 Å². The zero-order valence-electron chi connectivity index (χ0n) is 8.92. The predicted octanol–water partition coefficient (Wildman–Crippen LogP) is -0.128. The van der Waals surface area contributed by atoms with Gasteiger partial charge in [-0.1, -0.05) is 6.92 Å². The number of aliphatic hydroxyl groups excluding tert-OH is 1. The molecule has 0 aromatic heterocycles. The van der Waals surface area contributed by atoms with Crippen LogP contribution in [0.3, 0.4) is 0 Å². The van der Waals surface area contributed by atoms with Crippen LogP contribution in [0.25, 0.3) is 0 Å². The van der Waals surface area contributed by atoms with E-state index in [4.69, 9.17) is 5.11 Å². The van der Waals surface area contributed by atoms with E-state index in [1.807, 2.05) is 13.8 Å². The molecule has 0 radical (unpaired) electrons. The molecule has 0 saturated carbocycles. The lowest BCUT2D eigenvalue weighted by Crippen LogP contribution is -2.46. The van der Waals surface area contributed by atoms with Crippen molar-refractivity contribution in [1.82, 2.24) is 10.6 Å². The van der Waals surface area contributed by atoms with E-state index < -0.39 is 0 Å². The number of amides is 1. The Kier molecular flexibility index (Phi) is 4.35. The SMILES string of the molecule is CC(CO)C(C)NC(=O)[C@@H]1CCCN1. The van der Waals surface area contributed by atoms with E-state index in [-0.39, 0.29) is 30.5 Å². The Bertz CT molecular complexity index is 191. The van der Waals surface area contributed by atoms with Crippen molar-refractivity contribution >= 4 is 5.91 Å². The molecule has 0 bridgehead atoms. The van der Waals surface area contributed by atoms with E-state index in [0.29, 0.717) is 0 Å². The number of carbonyl (C=O) groups is 1. The lowest BCUT2D eigenvalue weighted by atomic mass is 10.0. The number of nitrogens with one attached hydrogen (secondary N) is 2. The van der Waals surface area contributed by atoms with Crippen LogP contribution in [-0.2, 0) is 4.79 Å². The molecule has 1 heterocycles. The molecule has 0 aliphatic carbocycles. The van der Waals surface area contributed by atoms with Crippen LogP contribution in [-0.4, -0.2) is 36.2 Å². The van der Waals surface area contributed by atoms with Gasteiger partial charge in [-0.2, -0.15) is 0 Å². The molecule has 3 atom stereocenters. The molecule has 4 nitrogen and oxygen atoms in total. The number of carbonyl (C=O) groups excluding carboxylic acids is 1. The summed E-state index contributed by atoms with van der Waals surface area (Å²) in [7, 11) is 0. The highest BCUT2D eigenvalue weighted by Crippen LogP contribution is 2.07. The second kappa shape index (κ2) is 5.32. The molecular formula is C10H20N2O2. The molecule has 3 N–H and O–H groups in total. The van der Waals surface area contributed by atoms with E-state index in [0.717, 1.165) is 19.4 Å². The van der Waals surface area contributed by atoms with Gasteiger partial charge in [0.05, 0.1) is 6.04 Å². The minimum absolute atomic E-state index is 0.0247. The van der Waals surface area contributed by atoms with Crippen molar-refractivity contribution in [2.24, 2.45) is 5.92 Å². The first kappa shape index (κ1) is 11.5.